The Morgan fingerprint density at radius 2 is 2.17 bits per heavy atom. The lowest BCUT2D eigenvalue weighted by atomic mass is 9.97. The molecule has 0 spiro atoms. The first-order valence-electron chi connectivity index (χ1n) is 6.86. The van der Waals surface area contributed by atoms with Gasteiger partial charge in [0.2, 0.25) is 0 Å². The van der Waals surface area contributed by atoms with Gasteiger partial charge >= 0.3 is 0 Å². The zero-order valence-electron chi connectivity index (χ0n) is 11.8. The van der Waals surface area contributed by atoms with E-state index in [1.165, 1.54) is 36.2 Å². The van der Waals surface area contributed by atoms with Crippen LogP contribution in [0.1, 0.15) is 30.5 Å². The van der Waals surface area contributed by atoms with E-state index < -0.39 is 0 Å². The molecule has 0 saturated heterocycles. The minimum absolute atomic E-state index is 0.132. The molecule has 0 aromatic heterocycles. The maximum atomic E-state index is 5.96. The summed E-state index contributed by atoms with van der Waals surface area (Å²) < 4.78 is 0. The highest BCUT2D eigenvalue weighted by atomic mass is 15.2. The van der Waals surface area contributed by atoms with E-state index in [0.29, 0.717) is 0 Å². The quantitative estimate of drug-likeness (QED) is 0.883. The molecule has 0 bridgehead atoms. The highest BCUT2D eigenvalue weighted by Gasteiger charge is 2.17. The van der Waals surface area contributed by atoms with E-state index in [2.05, 4.69) is 42.1 Å². The number of fused-ring (bicyclic) bond motifs is 1. The average molecular weight is 247 g/mol. The number of nitrogens with two attached hydrogens (primary N) is 1. The zero-order chi connectivity index (χ0) is 13.1. The van der Waals surface area contributed by atoms with Gasteiger partial charge in [-0.1, -0.05) is 12.1 Å². The number of aryl methyl sites for hydroxylation is 1. The predicted octanol–water partition coefficient (Wildman–Crippen LogP) is 2.02. The van der Waals surface area contributed by atoms with E-state index in [1.807, 2.05) is 6.92 Å². The number of rotatable bonds is 4. The van der Waals surface area contributed by atoms with Crippen molar-refractivity contribution < 1.29 is 0 Å². The summed E-state index contributed by atoms with van der Waals surface area (Å²) in [6.07, 6.45) is 2.44. The second-order valence-electron chi connectivity index (χ2n) is 5.57. The maximum Gasteiger partial charge on any atom is 0.0399 e. The summed E-state index contributed by atoms with van der Waals surface area (Å²) in [5.41, 5.74) is 10.1. The third kappa shape index (κ3) is 3.03. The number of hydrogen-bond donors (Lipinski definition) is 1. The smallest absolute Gasteiger partial charge is 0.0399 e. The zero-order valence-corrected chi connectivity index (χ0v) is 11.8. The topological polar surface area (TPSA) is 32.5 Å². The van der Waals surface area contributed by atoms with Crippen LogP contribution in [0.15, 0.2) is 18.2 Å². The minimum Gasteiger partial charge on any atom is -0.370 e. The summed E-state index contributed by atoms with van der Waals surface area (Å²) in [5, 5.41) is 0. The summed E-state index contributed by atoms with van der Waals surface area (Å²) in [4.78, 5) is 4.74. The lowest BCUT2D eigenvalue weighted by Crippen LogP contribution is -2.35. The third-order valence-corrected chi connectivity index (χ3v) is 3.66. The van der Waals surface area contributed by atoms with E-state index in [9.17, 15) is 0 Å². The summed E-state index contributed by atoms with van der Waals surface area (Å²) in [6.45, 7) is 5.44. The van der Waals surface area contributed by atoms with Crippen LogP contribution in [0.2, 0.25) is 0 Å². The molecule has 1 heterocycles. The summed E-state index contributed by atoms with van der Waals surface area (Å²) in [7, 11) is 4.26. The van der Waals surface area contributed by atoms with Gasteiger partial charge in [-0.15, -0.1) is 0 Å². The van der Waals surface area contributed by atoms with E-state index in [1.54, 1.807) is 0 Å². The van der Waals surface area contributed by atoms with Gasteiger partial charge in [0.25, 0.3) is 0 Å². The van der Waals surface area contributed by atoms with Crippen molar-refractivity contribution in [3.8, 4) is 0 Å². The molecule has 3 nitrogen and oxygen atoms in total. The largest absolute Gasteiger partial charge is 0.370 e. The molecule has 2 N–H and O–H groups in total. The number of anilines is 1. The fourth-order valence-corrected chi connectivity index (χ4v) is 2.53. The van der Waals surface area contributed by atoms with Gasteiger partial charge in [-0.25, -0.2) is 0 Å². The Kier molecular flexibility index (Phi) is 4.25. The Labute approximate surface area is 111 Å². The van der Waals surface area contributed by atoms with E-state index in [4.69, 9.17) is 5.73 Å². The summed E-state index contributed by atoms with van der Waals surface area (Å²) in [6, 6.07) is 6.86. The van der Waals surface area contributed by atoms with Gasteiger partial charge in [0, 0.05) is 31.4 Å². The van der Waals surface area contributed by atoms with Crippen molar-refractivity contribution in [1.29, 1.82) is 0 Å². The summed E-state index contributed by atoms with van der Waals surface area (Å²) >= 11 is 0. The molecule has 18 heavy (non-hydrogen) atoms. The molecule has 0 saturated carbocycles. The van der Waals surface area contributed by atoms with E-state index in [0.717, 1.165) is 13.1 Å². The summed E-state index contributed by atoms with van der Waals surface area (Å²) in [5.74, 6) is 0. The van der Waals surface area contributed by atoms with Crippen molar-refractivity contribution in [3.05, 3.63) is 29.3 Å². The SMILES string of the molecule is CC(N)c1ccc2c(c1)CCCN2CCN(C)C. The number of hydrogen-bond acceptors (Lipinski definition) is 3. The van der Waals surface area contributed by atoms with Gasteiger partial charge in [-0.2, -0.15) is 0 Å². The molecule has 0 amide bonds. The molecule has 1 aromatic carbocycles. The molecule has 0 aliphatic carbocycles. The van der Waals surface area contributed by atoms with Gasteiger partial charge in [-0.05, 0) is 51.1 Å². The van der Waals surface area contributed by atoms with Crippen LogP contribution in [0, 0.1) is 0 Å². The van der Waals surface area contributed by atoms with Crippen LogP contribution < -0.4 is 10.6 Å². The lowest BCUT2D eigenvalue weighted by molar-refractivity contribution is 0.411. The second kappa shape index (κ2) is 5.72. The van der Waals surface area contributed by atoms with E-state index in [-0.39, 0.29) is 6.04 Å². The number of nitrogens with zero attached hydrogens (tertiary/aromatic N) is 2. The molecule has 1 aliphatic rings. The lowest BCUT2D eigenvalue weighted by Gasteiger charge is -2.32. The Hall–Kier alpha value is -1.06. The van der Waals surface area contributed by atoms with Crippen LogP contribution in [-0.2, 0) is 6.42 Å². The number of benzene rings is 1. The minimum atomic E-state index is 0.132. The standard InChI is InChI=1S/C15H25N3/c1-12(16)13-6-7-15-14(11-13)5-4-8-18(15)10-9-17(2)3/h6-7,11-12H,4-5,8-10,16H2,1-3H3. The Morgan fingerprint density at radius 1 is 1.39 bits per heavy atom. The van der Waals surface area contributed by atoms with Gasteiger partial charge < -0.3 is 15.5 Å². The monoisotopic (exact) mass is 247 g/mol. The van der Waals surface area contributed by atoms with Crippen LogP contribution in [0.3, 0.4) is 0 Å². The molecule has 0 fully saturated rings. The first-order chi connectivity index (χ1) is 8.58. The molecule has 1 atom stereocenters. The molecule has 1 unspecified atom stereocenters. The van der Waals surface area contributed by atoms with Crippen LogP contribution in [0.4, 0.5) is 5.69 Å². The van der Waals surface area contributed by atoms with Crippen LogP contribution in [0.5, 0.6) is 0 Å². The molecule has 2 rings (SSSR count). The van der Waals surface area contributed by atoms with Gasteiger partial charge in [-0.3, -0.25) is 0 Å². The molecule has 100 valence electrons. The van der Waals surface area contributed by atoms with Crippen molar-refractivity contribution in [2.24, 2.45) is 5.73 Å². The van der Waals surface area contributed by atoms with Crippen LogP contribution >= 0.6 is 0 Å². The van der Waals surface area contributed by atoms with Crippen molar-refractivity contribution >= 4 is 5.69 Å². The average Bonchev–Trinajstić information content (AvgIpc) is 2.35. The second-order valence-corrected chi connectivity index (χ2v) is 5.57. The normalized spacial score (nSPS) is 16.8. The maximum absolute atomic E-state index is 5.96. The van der Waals surface area contributed by atoms with Crippen molar-refractivity contribution in [3.63, 3.8) is 0 Å². The van der Waals surface area contributed by atoms with Gasteiger partial charge in [0.05, 0.1) is 0 Å². The molecular weight excluding hydrogens is 222 g/mol. The van der Waals surface area contributed by atoms with Crippen LogP contribution in [0.25, 0.3) is 0 Å². The first-order valence-corrected chi connectivity index (χ1v) is 6.86. The Balaban J connectivity index is 2.16. The van der Waals surface area contributed by atoms with Gasteiger partial charge in [0.1, 0.15) is 0 Å². The molecule has 1 aliphatic heterocycles. The van der Waals surface area contributed by atoms with Crippen molar-refractivity contribution in [2.75, 3.05) is 38.6 Å². The molecule has 0 radical (unpaired) electrons. The van der Waals surface area contributed by atoms with Crippen molar-refractivity contribution in [1.82, 2.24) is 4.90 Å². The molecule has 3 heteroatoms. The van der Waals surface area contributed by atoms with Crippen LogP contribution in [-0.4, -0.2) is 38.6 Å². The highest BCUT2D eigenvalue weighted by molar-refractivity contribution is 5.57. The fraction of sp³-hybridized carbons (Fsp3) is 0.600. The molecular formula is C15H25N3. The predicted molar refractivity (Wildman–Crippen MR) is 78.1 cm³/mol. The number of likely N-dealkylation sites (N-methyl/N-ethyl adjacent to an activating group) is 1. The third-order valence-electron chi connectivity index (χ3n) is 3.66. The fourth-order valence-electron chi connectivity index (χ4n) is 2.53. The highest BCUT2D eigenvalue weighted by Crippen LogP contribution is 2.29. The van der Waals surface area contributed by atoms with Crippen molar-refractivity contribution in [2.45, 2.75) is 25.8 Å². The van der Waals surface area contributed by atoms with E-state index >= 15 is 0 Å². The molecule has 1 aromatic rings. The Morgan fingerprint density at radius 3 is 2.83 bits per heavy atom. The Bertz CT molecular complexity index is 399. The first kappa shape index (κ1) is 13.4. The van der Waals surface area contributed by atoms with Gasteiger partial charge in [0.15, 0.2) is 0 Å².